The zero-order valence-corrected chi connectivity index (χ0v) is 16.1. The normalized spacial score (nSPS) is 13.6. The number of hydrogen-bond acceptors (Lipinski definition) is 4. The van der Waals surface area contributed by atoms with Gasteiger partial charge >= 0.3 is 0 Å². The van der Waals surface area contributed by atoms with E-state index in [9.17, 15) is 22.4 Å². The zero-order chi connectivity index (χ0) is 20.3. The van der Waals surface area contributed by atoms with E-state index in [0.29, 0.717) is 17.1 Å². The summed E-state index contributed by atoms with van der Waals surface area (Å²) in [4.78, 5) is 25.9. The number of amides is 2. The lowest BCUT2D eigenvalue weighted by atomic mass is 10.1. The van der Waals surface area contributed by atoms with Crippen molar-refractivity contribution in [1.29, 1.82) is 0 Å². The van der Waals surface area contributed by atoms with Crippen LogP contribution in [0.5, 0.6) is 0 Å². The van der Waals surface area contributed by atoms with Gasteiger partial charge < -0.3 is 10.2 Å². The predicted octanol–water partition coefficient (Wildman–Crippen LogP) is 2.36. The number of nitrogens with zero attached hydrogens (tertiary/aromatic N) is 2. The first kappa shape index (κ1) is 19.8. The molecule has 7 nitrogen and oxygen atoms in total. The lowest BCUT2D eigenvalue weighted by Crippen LogP contribution is -2.42. The second-order valence-corrected chi connectivity index (χ2v) is 8.37. The van der Waals surface area contributed by atoms with Crippen LogP contribution in [0.4, 0.5) is 21.5 Å². The van der Waals surface area contributed by atoms with Crippen LogP contribution in [-0.2, 0) is 19.6 Å². The number of nitrogens with one attached hydrogen (secondary N) is 1. The molecule has 2 amide bonds. The van der Waals surface area contributed by atoms with E-state index in [1.807, 2.05) is 0 Å². The van der Waals surface area contributed by atoms with Gasteiger partial charge in [-0.15, -0.1) is 0 Å². The van der Waals surface area contributed by atoms with Crippen LogP contribution < -0.4 is 14.5 Å². The van der Waals surface area contributed by atoms with Crippen LogP contribution in [0.25, 0.3) is 0 Å². The number of fused-ring (bicyclic) bond motifs is 1. The number of sulfonamides is 1. The van der Waals surface area contributed by atoms with E-state index in [2.05, 4.69) is 5.32 Å². The van der Waals surface area contributed by atoms with Crippen molar-refractivity contribution in [2.24, 2.45) is 0 Å². The maximum absolute atomic E-state index is 13.1. The average Bonchev–Trinajstić information content (AvgIpc) is 2.64. The molecular weight excluding hydrogens is 385 g/mol. The number of anilines is 3. The van der Waals surface area contributed by atoms with Gasteiger partial charge in [-0.25, -0.2) is 12.8 Å². The first-order valence-corrected chi connectivity index (χ1v) is 10.5. The molecule has 2 aromatic carbocycles. The van der Waals surface area contributed by atoms with Crippen LogP contribution >= 0.6 is 0 Å². The smallest absolute Gasteiger partial charge is 0.244 e. The third-order valence-electron chi connectivity index (χ3n) is 4.34. The van der Waals surface area contributed by atoms with Gasteiger partial charge in [0.25, 0.3) is 0 Å². The summed E-state index contributed by atoms with van der Waals surface area (Å²) in [5.74, 6) is -1.01. The number of carbonyl (C=O) groups is 2. The summed E-state index contributed by atoms with van der Waals surface area (Å²) in [7, 11) is -3.59. The van der Waals surface area contributed by atoms with Gasteiger partial charge in [-0.2, -0.15) is 0 Å². The Bertz CT molecular complexity index is 992. The third-order valence-corrected chi connectivity index (χ3v) is 5.53. The van der Waals surface area contributed by atoms with E-state index < -0.39 is 15.8 Å². The van der Waals surface area contributed by atoms with E-state index >= 15 is 0 Å². The van der Waals surface area contributed by atoms with E-state index in [-0.39, 0.29) is 37.7 Å². The molecule has 1 N–H and O–H groups in total. The number of hydrogen-bond donors (Lipinski definition) is 1. The molecule has 0 radical (unpaired) electrons. The number of carbonyl (C=O) groups excluding carboxylic acids is 2. The SMILES string of the molecule is CS(=O)(=O)N(CCCC(=O)N1CC(=O)Nc2ccccc21)c1ccc(F)cc1. The first-order chi connectivity index (χ1) is 13.3. The highest BCUT2D eigenvalue weighted by atomic mass is 32.2. The topological polar surface area (TPSA) is 86.8 Å². The minimum atomic E-state index is -3.59. The van der Waals surface area contributed by atoms with Gasteiger partial charge in [0, 0.05) is 13.0 Å². The molecule has 2 aromatic rings. The van der Waals surface area contributed by atoms with Gasteiger partial charge in [-0.3, -0.25) is 13.9 Å². The van der Waals surface area contributed by atoms with Crippen LogP contribution in [0.1, 0.15) is 12.8 Å². The number of benzene rings is 2. The Hall–Kier alpha value is -2.94. The monoisotopic (exact) mass is 405 g/mol. The van der Waals surface area contributed by atoms with Crippen LogP contribution in [0.2, 0.25) is 0 Å². The second kappa shape index (κ2) is 7.97. The van der Waals surface area contributed by atoms with Crippen molar-refractivity contribution in [3.8, 4) is 0 Å². The number of halogens is 1. The van der Waals surface area contributed by atoms with E-state index in [0.717, 1.165) is 10.6 Å². The number of para-hydroxylation sites is 2. The fourth-order valence-electron chi connectivity index (χ4n) is 3.06. The van der Waals surface area contributed by atoms with Crippen LogP contribution in [0.3, 0.4) is 0 Å². The summed E-state index contributed by atoms with van der Waals surface area (Å²) in [6.45, 7) is -0.0124. The lowest BCUT2D eigenvalue weighted by molar-refractivity contribution is -0.121. The van der Waals surface area contributed by atoms with Crippen LogP contribution in [-0.4, -0.2) is 39.6 Å². The van der Waals surface area contributed by atoms with Crippen molar-refractivity contribution >= 4 is 38.9 Å². The Kier molecular flexibility index (Phi) is 5.64. The summed E-state index contributed by atoms with van der Waals surface area (Å²) in [5, 5.41) is 2.71. The highest BCUT2D eigenvalue weighted by Gasteiger charge is 2.26. The van der Waals surface area contributed by atoms with Gasteiger partial charge in [0.15, 0.2) is 0 Å². The summed E-state index contributed by atoms with van der Waals surface area (Å²) in [6.07, 6.45) is 1.38. The van der Waals surface area contributed by atoms with Crippen molar-refractivity contribution in [3.05, 3.63) is 54.3 Å². The van der Waals surface area contributed by atoms with Gasteiger partial charge in [-0.05, 0) is 42.8 Å². The molecular formula is C19H20FN3O4S. The molecule has 0 saturated heterocycles. The van der Waals surface area contributed by atoms with Crippen LogP contribution in [0, 0.1) is 5.82 Å². The van der Waals surface area contributed by atoms with E-state index in [1.165, 1.54) is 29.2 Å². The molecule has 0 spiro atoms. The summed E-state index contributed by atoms with van der Waals surface area (Å²) in [6, 6.07) is 12.1. The molecule has 1 aliphatic rings. The van der Waals surface area contributed by atoms with Crippen molar-refractivity contribution < 1.29 is 22.4 Å². The summed E-state index contributed by atoms with van der Waals surface area (Å²) < 4.78 is 38.4. The van der Waals surface area contributed by atoms with Crippen molar-refractivity contribution in [2.75, 3.05) is 33.9 Å². The maximum atomic E-state index is 13.1. The molecule has 0 aromatic heterocycles. The standard InChI is InChI=1S/C19H20FN3O4S/c1-28(26,27)23(15-10-8-14(20)9-11-15)12-4-7-19(25)22-13-18(24)21-16-5-2-3-6-17(16)22/h2-3,5-6,8-11H,4,7,12-13H2,1H3,(H,21,24). The highest BCUT2D eigenvalue weighted by Crippen LogP contribution is 2.29. The molecule has 0 fully saturated rings. The fourth-order valence-corrected chi connectivity index (χ4v) is 4.02. The van der Waals surface area contributed by atoms with E-state index in [4.69, 9.17) is 0 Å². The Balaban J connectivity index is 1.68. The molecule has 0 bridgehead atoms. The second-order valence-electron chi connectivity index (χ2n) is 6.46. The molecule has 0 aliphatic carbocycles. The Labute approximate surface area is 162 Å². The maximum Gasteiger partial charge on any atom is 0.244 e. The molecule has 3 rings (SSSR count). The molecule has 148 valence electrons. The lowest BCUT2D eigenvalue weighted by Gasteiger charge is -2.29. The molecule has 1 aliphatic heterocycles. The summed E-state index contributed by atoms with van der Waals surface area (Å²) in [5.41, 5.74) is 1.51. The Morgan fingerprint density at radius 1 is 1.18 bits per heavy atom. The quantitative estimate of drug-likeness (QED) is 0.799. The largest absolute Gasteiger partial charge is 0.323 e. The Morgan fingerprint density at radius 2 is 1.86 bits per heavy atom. The Morgan fingerprint density at radius 3 is 2.54 bits per heavy atom. The first-order valence-electron chi connectivity index (χ1n) is 8.68. The minimum absolute atomic E-state index is 0.0643. The third kappa shape index (κ3) is 4.48. The predicted molar refractivity (Wildman–Crippen MR) is 105 cm³/mol. The van der Waals surface area contributed by atoms with E-state index in [1.54, 1.807) is 24.3 Å². The molecule has 9 heteroatoms. The highest BCUT2D eigenvalue weighted by molar-refractivity contribution is 7.92. The molecule has 0 unspecified atom stereocenters. The van der Waals surface area contributed by atoms with Crippen molar-refractivity contribution in [1.82, 2.24) is 0 Å². The zero-order valence-electron chi connectivity index (χ0n) is 15.3. The molecule has 0 atom stereocenters. The number of rotatable bonds is 6. The fraction of sp³-hybridized carbons (Fsp3) is 0.263. The molecule has 0 saturated carbocycles. The van der Waals surface area contributed by atoms with Gasteiger partial charge in [0.1, 0.15) is 12.4 Å². The van der Waals surface area contributed by atoms with Gasteiger partial charge in [-0.1, -0.05) is 12.1 Å². The van der Waals surface area contributed by atoms with Crippen LogP contribution in [0.15, 0.2) is 48.5 Å². The van der Waals surface area contributed by atoms with Crippen molar-refractivity contribution in [3.63, 3.8) is 0 Å². The molecule has 28 heavy (non-hydrogen) atoms. The average molecular weight is 405 g/mol. The van der Waals surface area contributed by atoms with Crippen molar-refractivity contribution in [2.45, 2.75) is 12.8 Å². The van der Waals surface area contributed by atoms with Gasteiger partial charge in [0.2, 0.25) is 21.8 Å². The minimum Gasteiger partial charge on any atom is -0.323 e. The summed E-state index contributed by atoms with van der Waals surface area (Å²) >= 11 is 0. The molecule has 1 heterocycles. The van der Waals surface area contributed by atoms with Gasteiger partial charge in [0.05, 0.1) is 23.3 Å².